The molecular weight excluding hydrogens is 276 g/mol. The molecule has 0 fully saturated rings. The van der Waals surface area contributed by atoms with Gasteiger partial charge in [-0.2, -0.15) is 0 Å². The molecule has 3 rings (SSSR count). The van der Waals surface area contributed by atoms with Crippen LogP contribution in [0.5, 0.6) is 0 Å². The van der Waals surface area contributed by atoms with Crippen LogP contribution in [0.3, 0.4) is 0 Å². The van der Waals surface area contributed by atoms with E-state index in [4.69, 9.17) is 0 Å². The van der Waals surface area contributed by atoms with Crippen LogP contribution < -0.4 is 5.32 Å². The molecule has 0 radical (unpaired) electrons. The van der Waals surface area contributed by atoms with E-state index in [-0.39, 0.29) is 0 Å². The molecule has 3 heteroatoms. The topological polar surface area (TPSA) is 24.9 Å². The first-order valence-electron chi connectivity index (χ1n) is 7.15. The molecule has 2 aromatic carbocycles. The van der Waals surface area contributed by atoms with Crippen molar-refractivity contribution in [1.29, 1.82) is 0 Å². The number of rotatable bonds is 5. The highest BCUT2D eigenvalue weighted by atomic mass is 32.2. The van der Waals surface area contributed by atoms with Crippen LogP contribution in [0.1, 0.15) is 12.5 Å². The molecule has 0 unspecified atom stereocenters. The Kier molecular flexibility index (Phi) is 4.41. The Morgan fingerprint density at radius 1 is 1.00 bits per heavy atom. The largest absolute Gasteiger partial charge is 0.370 e. The minimum Gasteiger partial charge on any atom is -0.370 e. The Hall–Kier alpha value is -2.00. The van der Waals surface area contributed by atoms with E-state index in [1.807, 2.05) is 24.0 Å². The predicted octanol–water partition coefficient (Wildman–Crippen LogP) is 4.96. The van der Waals surface area contributed by atoms with Crippen molar-refractivity contribution in [2.24, 2.45) is 0 Å². The standard InChI is InChI=1S/C18H18N2S/c1-2-19-18-10-7-14(12-20-18)13-21-17-9-8-15-5-3-4-6-16(15)11-17/h3-12H,2,13H2,1H3,(H,19,20). The van der Waals surface area contributed by atoms with Gasteiger partial charge in [-0.05, 0) is 41.5 Å². The average Bonchev–Trinajstić information content (AvgIpc) is 2.54. The van der Waals surface area contributed by atoms with Crippen molar-refractivity contribution in [2.45, 2.75) is 17.6 Å². The molecule has 1 heterocycles. The van der Waals surface area contributed by atoms with Crippen LogP contribution in [0.4, 0.5) is 5.82 Å². The predicted molar refractivity (Wildman–Crippen MR) is 91.9 cm³/mol. The number of pyridine rings is 1. The van der Waals surface area contributed by atoms with Crippen molar-refractivity contribution in [3.05, 3.63) is 66.4 Å². The molecule has 0 atom stereocenters. The molecule has 0 saturated carbocycles. The summed E-state index contributed by atoms with van der Waals surface area (Å²) in [6, 6.07) is 19.3. The lowest BCUT2D eigenvalue weighted by atomic mass is 10.1. The summed E-state index contributed by atoms with van der Waals surface area (Å²) in [4.78, 5) is 5.70. The number of anilines is 1. The zero-order valence-corrected chi connectivity index (χ0v) is 12.9. The lowest BCUT2D eigenvalue weighted by molar-refractivity contribution is 1.14. The van der Waals surface area contributed by atoms with Gasteiger partial charge in [0.1, 0.15) is 5.82 Å². The monoisotopic (exact) mass is 294 g/mol. The minimum absolute atomic E-state index is 0.901. The molecule has 0 spiro atoms. The molecule has 0 aliphatic heterocycles. The van der Waals surface area contributed by atoms with E-state index in [1.54, 1.807) is 0 Å². The van der Waals surface area contributed by atoms with Crippen molar-refractivity contribution >= 4 is 28.4 Å². The molecule has 3 aromatic rings. The summed E-state index contributed by atoms with van der Waals surface area (Å²) in [6.07, 6.45) is 1.95. The highest BCUT2D eigenvalue weighted by Gasteiger charge is 2.00. The zero-order chi connectivity index (χ0) is 14.5. The van der Waals surface area contributed by atoms with Crippen LogP contribution in [0, 0.1) is 0 Å². The Bertz CT molecular complexity index is 723. The van der Waals surface area contributed by atoms with Gasteiger partial charge in [-0.1, -0.05) is 36.4 Å². The van der Waals surface area contributed by atoms with Crippen molar-refractivity contribution in [1.82, 2.24) is 4.98 Å². The Balaban J connectivity index is 1.68. The van der Waals surface area contributed by atoms with E-state index < -0.39 is 0 Å². The van der Waals surface area contributed by atoms with Gasteiger partial charge in [0.2, 0.25) is 0 Å². The number of thioether (sulfide) groups is 1. The summed E-state index contributed by atoms with van der Waals surface area (Å²) in [5.74, 6) is 1.88. The van der Waals surface area contributed by atoms with E-state index in [0.29, 0.717) is 0 Å². The number of benzene rings is 2. The summed E-state index contributed by atoms with van der Waals surface area (Å²) < 4.78 is 0. The molecule has 0 aliphatic carbocycles. The lowest BCUT2D eigenvalue weighted by Crippen LogP contribution is -1.98. The van der Waals surface area contributed by atoms with E-state index >= 15 is 0 Å². The molecule has 0 amide bonds. The molecule has 106 valence electrons. The van der Waals surface area contributed by atoms with E-state index in [2.05, 4.69) is 65.8 Å². The van der Waals surface area contributed by atoms with Crippen LogP contribution in [0.25, 0.3) is 10.8 Å². The van der Waals surface area contributed by atoms with Gasteiger partial charge >= 0.3 is 0 Å². The second kappa shape index (κ2) is 6.64. The number of hydrogen-bond donors (Lipinski definition) is 1. The van der Waals surface area contributed by atoms with E-state index in [0.717, 1.165) is 18.1 Å². The highest BCUT2D eigenvalue weighted by Crippen LogP contribution is 2.26. The van der Waals surface area contributed by atoms with Crippen LogP contribution in [0.2, 0.25) is 0 Å². The normalized spacial score (nSPS) is 10.7. The molecule has 1 N–H and O–H groups in total. The van der Waals surface area contributed by atoms with Gasteiger partial charge in [0.05, 0.1) is 0 Å². The van der Waals surface area contributed by atoms with Crippen molar-refractivity contribution in [3.63, 3.8) is 0 Å². The molecular formula is C18H18N2S. The van der Waals surface area contributed by atoms with Crippen molar-refractivity contribution < 1.29 is 0 Å². The minimum atomic E-state index is 0.901. The van der Waals surface area contributed by atoms with Gasteiger partial charge in [0.25, 0.3) is 0 Å². The number of hydrogen-bond acceptors (Lipinski definition) is 3. The summed E-state index contributed by atoms with van der Waals surface area (Å²) >= 11 is 1.85. The first kappa shape index (κ1) is 14.0. The number of fused-ring (bicyclic) bond motifs is 1. The van der Waals surface area contributed by atoms with Crippen LogP contribution in [-0.4, -0.2) is 11.5 Å². The summed E-state index contributed by atoms with van der Waals surface area (Å²) in [6.45, 7) is 2.98. The maximum Gasteiger partial charge on any atom is 0.125 e. The Labute approximate surface area is 129 Å². The van der Waals surface area contributed by atoms with Gasteiger partial charge in [0.15, 0.2) is 0 Å². The third kappa shape index (κ3) is 3.56. The molecule has 0 bridgehead atoms. The maximum atomic E-state index is 4.41. The van der Waals surface area contributed by atoms with Crippen LogP contribution in [0.15, 0.2) is 65.7 Å². The van der Waals surface area contributed by atoms with Gasteiger partial charge in [0, 0.05) is 23.4 Å². The second-order valence-corrected chi connectivity index (χ2v) is 5.93. The summed E-state index contributed by atoms with van der Waals surface area (Å²) in [5.41, 5.74) is 1.25. The van der Waals surface area contributed by atoms with Crippen molar-refractivity contribution in [3.8, 4) is 0 Å². The summed E-state index contributed by atoms with van der Waals surface area (Å²) in [7, 11) is 0. The van der Waals surface area contributed by atoms with Gasteiger partial charge in [-0.15, -0.1) is 11.8 Å². The summed E-state index contributed by atoms with van der Waals surface area (Å²) in [5, 5.41) is 5.80. The van der Waals surface area contributed by atoms with Crippen LogP contribution >= 0.6 is 11.8 Å². The Morgan fingerprint density at radius 2 is 1.86 bits per heavy atom. The Morgan fingerprint density at radius 3 is 2.62 bits per heavy atom. The zero-order valence-electron chi connectivity index (χ0n) is 12.0. The molecule has 2 nitrogen and oxygen atoms in total. The molecule has 1 aromatic heterocycles. The third-order valence-electron chi connectivity index (χ3n) is 3.31. The first-order chi connectivity index (χ1) is 10.3. The second-order valence-electron chi connectivity index (χ2n) is 4.88. The SMILES string of the molecule is CCNc1ccc(CSc2ccc3ccccc3c2)cn1. The number of aromatic nitrogens is 1. The van der Waals surface area contributed by atoms with E-state index in [1.165, 1.54) is 21.2 Å². The van der Waals surface area contributed by atoms with Gasteiger partial charge in [-0.25, -0.2) is 4.98 Å². The number of nitrogens with zero attached hydrogens (tertiary/aromatic N) is 1. The van der Waals surface area contributed by atoms with E-state index in [9.17, 15) is 0 Å². The van der Waals surface area contributed by atoms with Crippen LogP contribution in [-0.2, 0) is 5.75 Å². The smallest absolute Gasteiger partial charge is 0.125 e. The van der Waals surface area contributed by atoms with Crippen molar-refractivity contribution in [2.75, 3.05) is 11.9 Å². The fraction of sp³-hybridized carbons (Fsp3) is 0.167. The number of nitrogens with one attached hydrogen (secondary N) is 1. The first-order valence-corrected chi connectivity index (χ1v) is 8.14. The molecule has 21 heavy (non-hydrogen) atoms. The molecule has 0 saturated heterocycles. The highest BCUT2D eigenvalue weighted by molar-refractivity contribution is 7.98. The fourth-order valence-electron chi connectivity index (χ4n) is 2.22. The third-order valence-corrected chi connectivity index (χ3v) is 4.37. The van der Waals surface area contributed by atoms with Gasteiger partial charge in [-0.3, -0.25) is 0 Å². The van der Waals surface area contributed by atoms with Gasteiger partial charge < -0.3 is 5.32 Å². The maximum absolute atomic E-state index is 4.41. The quantitative estimate of drug-likeness (QED) is 0.673. The lowest BCUT2D eigenvalue weighted by Gasteiger charge is -2.05. The molecule has 0 aliphatic rings. The fourth-order valence-corrected chi connectivity index (χ4v) is 3.10. The average molecular weight is 294 g/mol.